The summed E-state index contributed by atoms with van der Waals surface area (Å²) in [6, 6.07) is 0. The third-order valence-electron chi connectivity index (χ3n) is 0.834. The molecule has 0 aromatic rings. The van der Waals surface area contributed by atoms with E-state index in [4.69, 9.17) is 0 Å². The van der Waals surface area contributed by atoms with Gasteiger partial charge < -0.3 is 5.32 Å². The molecule has 0 saturated heterocycles. The molecule has 0 bridgehead atoms. The van der Waals surface area contributed by atoms with Gasteiger partial charge in [0, 0.05) is 11.0 Å². The van der Waals surface area contributed by atoms with Crippen LogP contribution in [-0.4, -0.2) is 17.7 Å². The summed E-state index contributed by atoms with van der Waals surface area (Å²) in [6.07, 6.45) is 0. The summed E-state index contributed by atoms with van der Waals surface area (Å²) >= 11 is 7.06. The van der Waals surface area contributed by atoms with Gasteiger partial charge in [0.15, 0.2) is 0 Å². The number of nitrogens with one attached hydrogen (secondary N) is 1. The van der Waals surface area contributed by atoms with Crippen molar-refractivity contribution in [1.29, 1.82) is 0 Å². The summed E-state index contributed by atoms with van der Waals surface area (Å²) in [6.45, 7) is 5.74. The van der Waals surface area contributed by atoms with Crippen molar-refractivity contribution in [3.63, 3.8) is 0 Å². The molecule has 10 heavy (non-hydrogen) atoms. The van der Waals surface area contributed by atoms with Crippen molar-refractivity contribution >= 4 is 34.5 Å². The third kappa shape index (κ3) is 4.88. The Bertz CT molecular complexity index is 147. The fourth-order valence-electron chi connectivity index (χ4n) is 0.331. The average molecular weight is 224 g/mol. The van der Waals surface area contributed by atoms with Crippen molar-refractivity contribution in [3.8, 4) is 0 Å². The van der Waals surface area contributed by atoms with Crippen molar-refractivity contribution in [1.82, 2.24) is 5.32 Å². The minimum absolute atomic E-state index is 0.0797. The van der Waals surface area contributed by atoms with E-state index in [1.54, 1.807) is 6.92 Å². The molecule has 0 aromatic heterocycles. The van der Waals surface area contributed by atoms with Gasteiger partial charge in [-0.15, -0.1) is 0 Å². The molecule has 0 aliphatic carbocycles. The Balaban J connectivity index is 3.50. The molecule has 1 N–H and O–H groups in total. The first kappa shape index (κ1) is 10.0. The molecule has 0 aromatic carbocycles. The van der Waals surface area contributed by atoms with Crippen molar-refractivity contribution in [2.75, 3.05) is 6.54 Å². The Kier molecular flexibility index (Phi) is 4.81. The predicted molar refractivity (Wildman–Crippen MR) is 49.5 cm³/mol. The molecule has 1 amide bonds. The first-order valence-electron chi connectivity index (χ1n) is 2.83. The van der Waals surface area contributed by atoms with Gasteiger partial charge in [-0.3, -0.25) is 4.79 Å². The van der Waals surface area contributed by atoms with E-state index in [0.29, 0.717) is 6.54 Å². The summed E-state index contributed by atoms with van der Waals surface area (Å²) in [5.74, 6) is -0.0797. The summed E-state index contributed by atoms with van der Waals surface area (Å²) in [5.41, 5.74) is 0. The van der Waals surface area contributed by atoms with Crippen LogP contribution in [0.5, 0.6) is 0 Å². The summed E-state index contributed by atoms with van der Waals surface area (Å²) in [5, 5.41) is 2.36. The van der Waals surface area contributed by atoms with Gasteiger partial charge in [-0.25, -0.2) is 0 Å². The SMILES string of the molecule is C=C(Br)CNC(=O)C(C)S. The lowest BCUT2D eigenvalue weighted by Gasteiger charge is -2.04. The number of hydrogen-bond donors (Lipinski definition) is 2. The van der Waals surface area contributed by atoms with Crippen LogP contribution in [0.2, 0.25) is 0 Å². The standard InChI is InChI=1S/C6H10BrNOS/c1-4(7)3-8-6(9)5(2)10/h5,10H,1,3H2,2H3,(H,8,9). The Morgan fingerprint density at radius 3 is 2.70 bits per heavy atom. The highest BCUT2D eigenvalue weighted by molar-refractivity contribution is 9.11. The maximum atomic E-state index is 10.8. The summed E-state index contributed by atoms with van der Waals surface area (Å²) < 4.78 is 0.759. The molecule has 1 atom stereocenters. The smallest absolute Gasteiger partial charge is 0.232 e. The molecule has 1 unspecified atom stereocenters. The number of thiol groups is 1. The molecular weight excluding hydrogens is 214 g/mol. The molecule has 0 spiro atoms. The van der Waals surface area contributed by atoms with Crippen molar-refractivity contribution in [2.45, 2.75) is 12.2 Å². The van der Waals surface area contributed by atoms with Gasteiger partial charge in [0.1, 0.15) is 0 Å². The van der Waals surface area contributed by atoms with Crippen LogP contribution in [0.3, 0.4) is 0 Å². The second kappa shape index (κ2) is 4.79. The van der Waals surface area contributed by atoms with Gasteiger partial charge in [-0.1, -0.05) is 22.5 Å². The quantitative estimate of drug-likeness (QED) is 0.696. The molecular formula is C6H10BrNOS. The monoisotopic (exact) mass is 223 g/mol. The topological polar surface area (TPSA) is 29.1 Å². The van der Waals surface area contributed by atoms with E-state index < -0.39 is 0 Å². The highest BCUT2D eigenvalue weighted by atomic mass is 79.9. The van der Waals surface area contributed by atoms with Crippen LogP contribution in [0.1, 0.15) is 6.92 Å². The highest BCUT2D eigenvalue weighted by Gasteiger charge is 2.05. The Morgan fingerprint density at radius 1 is 1.90 bits per heavy atom. The second-order valence-electron chi connectivity index (χ2n) is 1.91. The van der Waals surface area contributed by atoms with Gasteiger partial charge >= 0.3 is 0 Å². The van der Waals surface area contributed by atoms with Crippen molar-refractivity contribution in [2.24, 2.45) is 0 Å². The van der Waals surface area contributed by atoms with Gasteiger partial charge in [0.2, 0.25) is 5.91 Å². The highest BCUT2D eigenvalue weighted by Crippen LogP contribution is 1.98. The summed E-state index contributed by atoms with van der Waals surface area (Å²) in [4.78, 5) is 10.8. The van der Waals surface area contributed by atoms with Crippen LogP contribution in [-0.2, 0) is 4.79 Å². The first-order valence-corrected chi connectivity index (χ1v) is 4.14. The van der Waals surface area contributed by atoms with E-state index in [2.05, 4.69) is 40.5 Å². The molecule has 58 valence electrons. The number of rotatable bonds is 3. The zero-order valence-corrected chi connectivity index (χ0v) is 8.21. The fraction of sp³-hybridized carbons (Fsp3) is 0.500. The number of hydrogen-bond acceptors (Lipinski definition) is 2. The van der Waals surface area contributed by atoms with E-state index in [-0.39, 0.29) is 11.2 Å². The third-order valence-corrected chi connectivity index (χ3v) is 1.35. The molecule has 0 fully saturated rings. The maximum absolute atomic E-state index is 10.8. The largest absolute Gasteiger partial charge is 0.351 e. The van der Waals surface area contributed by atoms with E-state index >= 15 is 0 Å². The average Bonchev–Trinajstić information content (AvgIpc) is 1.82. The maximum Gasteiger partial charge on any atom is 0.232 e. The number of carbonyl (C=O) groups excluding carboxylic acids is 1. The van der Waals surface area contributed by atoms with E-state index in [9.17, 15) is 4.79 Å². The number of amides is 1. The zero-order valence-electron chi connectivity index (χ0n) is 5.72. The fourth-order valence-corrected chi connectivity index (χ4v) is 0.562. The molecule has 2 nitrogen and oxygen atoms in total. The van der Waals surface area contributed by atoms with Crippen LogP contribution in [0, 0.1) is 0 Å². The van der Waals surface area contributed by atoms with Gasteiger partial charge in [0.25, 0.3) is 0 Å². The molecule has 0 radical (unpaired) electrons. The van der Waals surface area contributed by atoms with Crippen LogP contribution in [0.25, 0.3) is 0 Å². The van der Waals surface area contributed by atoms with Crippen LogP contribution < -0.4 is 5.32 Å². The van der Waals surface area contributed by atoms with Crippen LogP contribution in [0.15, 0.2) is 11.1 Å². The van der Waals surface area contributed by atoms with E-state index in [0.717, 1.165) is 4.48 Å². The Hall–Kier alpha value is 0.0400. The molecule has 4 heteroatoms. The Labute approximate surface area is 74.6 Å². The summed E-state index contributed by atoms with van der Waals surface area (Å²) in [7, 11) is 0. The lowest BCUT2D eigenvalue weighted by atomic mass is 10.4. The second-order valence-corrected chi connectivity index (χ2v) is 3.81. The van der Waals surface area contributed by atoms with Crippen LogP contribution in [0.4, 0.5) is 0 Å². The van der Waals surface area contributed by atoms with Gasteiger partial charge in [-0.2, -0.15) is 12.6 Å². The Morgan fingerprint density at radius 2 is 2.40 bits per heavy atom. The zero-order chi connectivity index (χ0) is 8.15. The minimum atomic E-state index is -0.258. The van der Waals surface area contributed by atoms with Gasteiger partial charge in [-0.05, 0) is 6.92 Å². The normalized spacial score (nSPS) is 12.3. The van der Waals surface area contributed by atoms with Crippen LogP contribution >= 0.6 is 28.6 Å². The minimum Gasteiger partial charge on any atom is -0.351 e. The van der Waals surface area contributed by atoms with Gasteiger partial charge in [0.05, 0.1) is 5.25 Å². The number of carbonyl (C=O) groups is 1. The lowest BCUT2D eigenvalue weighted by Crippen LogP contribution is -2.30. The lowest BCUT2D eigenvalue weighted by molar-refractivity contribution is -0.120. The molecule has 0 saturated carbocycles. The molecule has 0 heterocycles. The van der Waals surface area contributed by atoms with Crippen molar-refractivity contribution < 1.29 is 4.79 Å². The first-order chi connectivity index (χ1) is 4.54. The molecule has 0 aliphatic rings. The van der Waals surface area contributed by atoms with E-state index in [1.165, 1.54) is 0 Å². The number of halogens is 1. The molecule has 0 rings (SSSR count). The van der Waals surface area contributed by atoms with Crippen molar-refractivity contribution in [3.05, 3.63) is 11.1 Å². The predicted octanol–water partition coefficient (Wildman–Crippen LogP) is 1.33. The molecule has 0 aliphatic heterocycles. The van der Waals surface area contributed by atoms with E-state index in [1.807, 2.05) is 0 Å².